The Labute approximate surface area is 213 Å². The van der Waals surface area contributed by atoms with E-state index in [2.05, 4.69) is 6.08 Å². The Morgan fingerprint density at radius 1 is 0.973 bits per heavy atom. The number of para-hydroxylation sites is 2. The highest BCUT2D eigenvalue weighted by atomic mass is 16.7. The lowest BCUT2D eigenvalue weighted by atomic mass is 10.0. The maximum Gasteiger partial charge on any atom is 0.339 e. The summed E-state index contributed by atoms with van der Waals surface area (Å²) >= 11 is 0. The van der Waals surface area contributed by atoms with Crippen LogP contribution in [-0.2, 0) is 16.0 Å². The summed E-state index contributed by atoms with van der Waals surface area (Å²) in [5.74, 6) is 0.621. The number of pyridine rings is 1. The van der Waals surface area contributed by atoms with Crippen molar-refractivity contribution in [2.45, 2.75) is 12.8 Å². The van der Waals surface area contributed by atoms with Crippen LogP contribution in [0.4, 0.5) is 5.69 Å². The molecule has 0 atom stereocenters. The van der Waals surface area contributed by atoms with E-state index >= 15 is 0 Å². The van der Waals surface area contributed by atoms with Crippen molar-refractivity contribution >= 4 is 40.1 Å². The van der Waals surface area contributed by atoms with Crippen molar-refractivity contribution in [2.75, 3.05) is 25.3 Å². The van der Waals surface area contributed by atoms with Crippen LogP contribution in [0.5, 0.6) is 11.5 Å². The third kappa shape index (κ3) is 4.29. The number of aromatic nitrogens is 1. The lowest BCUT2D eigenvalue weighted by Gasteiger charge is -2.17. The van der Waals surface area contributed by atoms with Crippen LogP contribution in [0.2, 0.25) is 0 Å². The molecule has 0 spiro atoms. The van der Waals surface area contributed by atoms with Gasteiger partial charge in [-0.15, -0.1) is 0 Å². The highest BCUT2D eigenvalue weighted by Gasteiger charge is 2.28. The molecule has 4 aromatic rings. The zero-order chi connectivity index (χ0) is 25.4. The van der Waals surface area contributed by atoms with Gasteiger partial charge < -0.3 is 19.1 Å². The minimum atomic E-state index is -0.519. The second-order valence-corrected chi connectivity index (χ2v) is 8.98. The van der Waals surface area contributed by atoms with Gasteiger partial charge in [-0.1, -0.05) is 42.5 Å². The number of likely N-dealkylation sites (N-methyl/N-ethyl adjacent to an activating group) is 1. The summed E-state index contributed by atoms with van der Waals surface area (Å²) in [5.41, 5.74) is 5.56. The number of hydrogen-bond acceptors (Lipinski definition) is 6. The number of rotatable bonds is 5. The molecule has 2 aliphatic rings. The second-order valence-electron chi connectivity index (χ2n) is 8.98. The first-order valence-electron chi connectivity index (χ1n) is 12.1. The Kier molecular flexibility index (Phi) is 5.81. The lowest BCUT2D eigenvalue weighted by Crippen LogP contribution is -2.31. The van der Waals surface area contributed by atoms with Crippen LogP contribution in [0.1, 0.15) is 33.6 Å². The highest BCUT2D eigenvalue weighted by molar-refractivity contribution is 6.08. The van der Waals surface area contributed by atoms with Crippen molar-refractivity contribution in [1.82, 2.24) is 4.98 Å². The van der Waals surface area contributed by atoms with Gasteiger partial charge in [0.25, 0.3) is 5.91 Å². The molecule has 1 aromatic heterocycles. The molecular weight excluding hydrogens is 468 g/mol. The number of hydrogen-bond donors (Lipinski definition) is 0. The fraction of sp³-hybridized carbons (Fsp3) is 0.167. The number of carbonyl (C=O) groups is 2. The number of fused-ring (bicyclic) bond motifs is 3. The molecule has 0 fully saturated rings. The first-order chi connectivity index (χ1) is 18.1. The monoisotopic (exact) mass is 492 g/mol. The van der Waals surface area contributed by atoms with Gasteiger partial charge in [0.1, 0.15) is 0 Å². The number of allylic oxidation sites excluding steroid dienone is 1. The predicted octanol–water partition coefficient (Wildman–Crippen LogP) is 5.27. The van der Waals surface area contributed by atoms with Crippen LogP contribution in [0.15, 0.2) is 72.8 Å². The van der Waals surface area contributed by atoms with Crippen molar-refractivity contribution in [3.63, 3.8) is 0 Å². The van der Waals surface area contributed by atoms with E-state index in [-0.39, 0.29) is 19.3 Å². The Bertz CT molecular complexity index is 1560. The molecule has 37 heavy (non-hydrogen) atoms. The molecule has 6 rings (SSSR count). The minimum absolute atomic E-state index is 0.223. The van der Waals surface area contributed by atoms with Gasteiger partial charge >= 0.3 is 5.97 Å². The fourth-order valence-electron chi connectivity index (χ4n) is 4.81. The number of carbonyl (C=O) groups excluding carboxylic acids is 2. The maximum atomic E-state index is 13.4. The Hall–Kier alpha value is -4.65. The van der Waals surface area contributed by atoms with E-state index in [4.69, 9.17) is 19.2 Å². The molecule has 1 aliphatic heterocycles. The van der Waals surface area contributed by atoms with Gasteiger partial charge in [0.15, 0.2) is 18.1 Å². The Balaban J connectivity index is 1.31. The van der Waals surface area contributed by atoms with Crippen LogP contribution in [-0.4, -0.2) is 37.3 Å². The average molecular weight is 493 g/mol. The summed E-state index contributed by atoms with van der Waals surface area (Å²) in [5, 5.41) is 0.722. The first-order valence-corrected chi connectivity index (χ1v) is 12.1. The molecule has 0 radical (unpaired) electrons. The molecule has 1 amide bonds. The number of esters is 1. The van der Waals surface area contributed by atoms with Crippen LogP contribution in [0.3, 0.4) is 0 Å². The zero-order valence-electron chi connectivity index (χ0n) is 20.3. The van der Waals surface area contributed by atoms with Crippen molar-refractivity contribution in [2.24, 2.45) is 0 Å². The molecule has 2 heterocycles. The third-order valence-electron chi connectivity index (χ3n) is 6.73. The van der Waals surface area contributed by atoms with Crippen molar-refractivity contribution in [3.05, 3.63) is 95.2 Å². The number of ether oxygens (including phenoxy) is 3. The van der Waals surface area contributed by atoms with E-state index in [1.165, 1.54) is 4.90 Å². The molecule has 184 valence electrons. The van der Waals surface area contributed by atoms with Gasteiger partial charge in [0, 0.05) is 18.1 Å². The average Bonchev–Trinajstić information content (AvgIpc) is 3.57. The molecule has 7 nitrogen and oxygen atoms in total. The highest BCUT2D eigenvalue weighted by Crippen LogP contribution is 2.39. The van der Waals surface area contributed by atoms with Gasteiger partial charge in [0.2, 0.25) is 6.79 Å². The van der Waals surface area contributed by atoms with Crippen LogP contribution in [0, 0.1) is 0 Å². The van der Waals surface area contributed by atoms with Gasteiger partial charge in [-0.05, 0) is 65.9 Å². The molecule has 0 saturated heterocycles. The van der Waals surface area contributed by atoms with E-state index in [0.29, 0.717) is 23.3 Å². The number of anilines is 1. The first kappa shape index (κ1) is 22.8. The van der Waals surface area contributed by atoms with Gasteiger partial charge in [-0.25, -0.2) is 9.78 Å². The smallest absolute Gasteiger partial charge is 0.339 e. The normalized spacial score (nSPS) is 14.6. The Morgan fingerprint density at radius 2 is 1.76 bits per heavy atom. The predicted molar refractivity (Wildman–Crippen MR) is 141 cm³/mol. The maximum absolute atomic E-state index is 13.4. The summed E-state index contributed by atoms with van der Waals surface area (Å²) < 4.78 is 16.5. The molecule has 7 heteroatoms. The zero-order valence-corrected chi connectivity index (χ0v) is 20.3. The Morgan fingerprint density at radius 3 is 2.62 bits per heavy atom. The standard InChI is InChI=1S/C30H24N2O5/c1-32(21-7-3-2-4-8-21)27(33)17-35-30(34)28-22-9-5-6-10-24(22)31-29-20(12-13-23(28)29)15-19-11-14-25-26(16-19)37-18-36-25/h2-11,14-16H,12-13,17-18H2,1H3. The lowest BCUT2D eigenvalue weighted by molar-refractivity contribution is -0.121. The summed E-state index contributed by atoms with van der Waals surface area (Å²) in [6.07, 6.45) is 3.47. The van der Waals surface area contributed by atoms with E-state index in [9.17, 15) is 9.59 Å². The fourth-order valence-corrected chi connectivity index (χ4v) is 4.81. The van der Waals surface area contributed by atoms with E-state index in [0.717, 1.165) is 45.6 Å². The molecule has 0 N–H and O–H groups in total. The third-order valence-corrected chi connectivity index (χ3v) is 6.73. The topological polar surface area (TPSA) is 78.0 Å². The van der Waals surface area contributed by atoms with E-state index in [1.54, 1.807) is 7.05 Å². The van der Waals surface area contributed by atoms with Crippen LogP contribution < -0.4 is 14.4 Å². The van der Waals surface area contributed by atoms with Crippen LogP contribution >= 0.6 is 0 Å². The van der Waals surface area contributed by atoms with Gasteiger partial charge in [-0.2, -0.15) is 0 Å². The number of amides is 1. The molecule has 1 aliphatic carbocycles. The molecule has 0 saturated carbocycles. The molecule has 0 unspecified atom stereocenters. The van der Waals surface area contributed by atoms with E-state index in [1.807, 2.05) is 72.8 Å². The van der Waals surface area contributed by atoms with Crippen molar-refractivity contribution < 1.29 is 23.8 Å². The number of nitrogens with zero attached hydrogens (tertiary/aromatic N) is 2. The summed E-state index contributed by atoms with van der Waals surface area (Å²) in [6.45, 7) is -0.129. The summed E-state index contributed by atoms with van der Waals surface area (Å²) in [4.78, 5) is 32.5. The van der Waals surface area contributed by atoms with Crippen molar-refractivity contribution in [1.29, 1.82) is 0 Å². The number of benzene rings is 3. The van der Waals surface area contributed by atoms with Crippen molar-refractivity contribution in [3.8, 4) is 11.5 Å². The minimum Gasteiger partial charge on any atom is -0.454 e. The quantitative estimate of drug-likeness (QED) is 0.353. The summed E-state index contributed by atoms with van der Waals surface area (Å²) in [7, 11) is 1.66. The SMILES string of the molecule is CN(C(=O)COC(=O)c1c2c(nc3ccccc13)C(=Cc1ccc3c(c1)OCO3)CC2)c1ccccc1. The molecule has 3 aromatic carbocycles. The van der Waals surface area contributed by atoms with Gasteiger partial charge in [-0.3, -0.25) is 4.79 Å². The molecule has 0 bridgehead atoms. The molecular formula is C30H24N2O5. The summed E-state index contributed by atoms with van der Waals surface area (Å²) in [6, 6.07) is 22.6. The van der Waals surface area contributed by atoms with Crippen LogP contribution in [0.25, 0.3) is 22.6 Å². The largest absolute Gasteiger partial charge is 0.454 e. The second kappa shape index (κ2) is 9.43. The van der Waals surface area contributed by atoms with Gasteiger partial charge in [0.05, 0.1) is 16.8 Å². The van der Waals surface area contributed by atoms with E-state index < -0.39 is 5.97 Å².